The largest absolute Gasteiger partial charge is 0.391 e. The molecule has 4 aliphatic carbocycles. The molecule has 2 heterocycles. The summed E-state index contributed by atoms with van der Waals surface area (Å²) in [5.41, 5.74) is -1.81. The molecule has 2 saturated heterocycles. The topological polar surface area (TPSA) is 105 Å². The number of rotatable bonds is 4. The maximum atomic E-state index is 13.8. The van der Waals surface area contributed by atoms with Crippen LogP contribution in [0.1, 0.15) is 39.5 Å². The lowest BCUT2D eigenvalue weighted by Crippen LogP contribution is -2.83. The van der Waals surface area contributed by atoms with Crippen LogP contribution in [0.15, 0.2) is 24.3 Å². The number of Topliss-reactive ketones (excluding diaryl/α,β-unsaturated/α-hetero) is 1. The fraction of sp³-hybridized carbons (Fsp3) is 0.750. The average molecular weight is 432 g/mol. The minimum atomic E-state index is -1.70. The van der Waals surface area contributed by atoms with Crippen LogP contribution in [-0.2, 0) is 19.1 Å². The third-order valence-corrected chi connectivity index (χ3v) is 9.16. The second kappa shape index (κ2) is 6.50. The first-order chi connectivity index (χ1) is 14.6. The molecule has 3 saturated carbocycles. The van der Waals surface area contributed by atoms with Crippen molar-refractivity contribution in [2.24, 2.45) is 34.0 Å². The highest BCUT2D eigenvalue weighted by Gasteiger charge is 2.86. The van der Waals surface area contributed by atoms with E-state index < -0.39 is 28.8 Å². The molecule has 4 bridgehead atoms. The molecule has 0 aromatic heterocycles. The predicted octanol–water partition coefficient (Wildman–Crippen LogP) is 1.34. The van der Waals surface area contributed by atoms with E-state index in [0.717, 1.165) is 12.8 Å². The number of hydrogen-bond donors (Lipinski definition) is 3. The van der Waals surface area contributed by atoms with Crippen LogP contribution in [-0.4, -0.2) is 60.2 Å². The molecule has 0 unspecified atom stereocenters. The molecule has 170 valence electrons. The first kappa shape index (κ1) is 21.3. The summed E-state index contributed by atoms with van der Waals surface area (Å²) in [5, 5.41) is 26.0. The molecular formula is C24H33NO6. The van der Waals surface area contributed by atoms with Crippen molar-refractivity contribution in [3.05, 3.63) is 24.3 Å². The van der Waals surface area contributed by atoms with Gasteiger partial charge in [0, 0.05) is 24.3 Å². The maximum Gasteiger partial charge on any atom is 0.222 e. The fourth-order valence-electron chi connectivity index (χ4n) is 8.05. The van der Waals surface area contributed by atoms with Gasteiger partial charge in [-0.2, -0.15) is 0 Å². The number of fused-ring (bicyclic) bond motifs is 2. The Kier molecular flexibility index (Phi) is 4.47. The van der Waals surface area contributed by atoms with Crippen LogP contribution in [0.2, 0.25) is 0 Å². The van der Waals surface area contributed by atoms with Crippen molar-refractivity contribution >= 4 is 11.7 Å². The van der Waals surface area contributed by atoms with E-state index in [1.165, 1.54) is 0 Å². The van der Waals surface area contributed by atoms with Crippen molar-refractivity contribution < 1.29 is 29.3 Å². The predicted molar refractivity (Wildman–Crippen MR) is 112 cm³/mol. The number of hydrogen-bond acceptors (Lipinski definition) is 6. The Morgan fingerprint density at radius 1 is 1.32 bits per heavy atom. The summed E-state index contributed by atoms with van der Waals surface area (Å²) in [4.78, 5) is 25.7. The number of amides is 1. The van der Waals surface area contributed by atoms with E-state index in [4.69, 9.17) is 9.47 Å². The van der Waals surface area contributed by atoms with Gasteiger partial charge in [0.15, 0.2) is 5.78 Å². The van der Waals surface area contributed by atoms with Crippen LogP contribution in [0, 0.1) is 34.0 Å². The Labute approximate surface area is 182 Å². The summed E-state index contributed by atoms with van der Waals surface area (Å²) < 4.78 is 12.6. The number of aliphatic hydroxyl groups excluding tert-OH is 2. The van der Waals surface area contributed by atoms with Gasteiger partial charge in [-0.1, -0.05) is 32.6 Å². The standard InChI is InChI=1S/C24H33NO6/c1-13-14-6-7-15-22-10-5-9-21(2,3)17(22)20(29)24(31-12-22,30-11-8-16(26)25-4)23(15,18(13)27)19(14)28/h5,10,14-15,17,19-20,28-29H,1,6-9,11-12H2,2-4H3,(H,25,26)/t14-,15-,17+,19+,20-,22+,23-,24+/m0/s1. The van der Waals surface area contributed by atoms with Crippen molar-refractivity contribution in [2.75, 3.05) is 20.3 Å². The summed E-state index contributed by atoms with van der Waals surface area (Å²) in [5.74, 6) is -2.92. The molecule has 6 aliphatic rings. The first-order valence-electron chi connectivity index (χ1n) is 11.4. The molecule has 5 fully saturated rings. The van der Waals surface area contributed by atoms with Crippen molar-refractivity contribution in [1.82, 2.24) is 5.32 Å². The van der Waals surface area contributed by atoms with Crippen LogP contribution in [0.4, 0.5) is 0 Å². The summed E-state index contributed by atoms with van der Waals surface area (Å²) in [7, 11) is 1.55. The maximum absolute atomic E-state index is 13.8. The quantitative estimate of drug-likeness (QED) is 0.458. The third kappa shape index (κ3) is 2.23. The number of ether oxygens (including phenoxy) is 2. The lowest BCUT2D eigenvalue weighted by molar-refractivity contribution is -0.447. The number of carbonyl (C=O) groups is 2. The SMILES string of the molecule is C=C1C(=O)[C@]23[C@H](O)[C@H]1CC[C@H]2[C@]12C=CCC(C)(C)[C@H]1[C@H](O)[C@@]3(OCCC(=O)NC)OC2. The van der Waals surface area contributed by atoms with Crippen molar-refractivity contribution in [2.45, 2.75) is 57.5 Å². The molecule has 7 nitrogen and oxygen atoms in total. The zero-order valence-electron chi connectivity index (χ0n) is 18.5. The van der Waals surface area contributed by atoms with E-state index in [1.54, 1.807) is 7.05 Å². The van der Waals surface area contributed by atoms with E-state index in [0.29, 0.717) is 18.6 Å². The van der Waals surface area contributed by atoms with Gasteiger partial charge in [-0.05, 0) is 36.2 Å². The van der Waals surface area contributed by atoms with Gasteiger partial charge < -0.3 is 25.0 Å². The molecule has 0 aromatic rings. The molecule has 2 aliphatic heterocycles. The van der Waals surface area contributed by atoms with E-state index in [9.17, 15) is 19.8 Å². The van der Waals surface area contributed by atoms with Gasteiger partial charge in [0.25, 0.3) is 0 Å². The molecule has 0 radical (unpaired) electrons. The Morgan fingerprint density at radius 3 is 2.77 bits per heavy atom. The van der Waals surface area contributed by atoms with Gasteiger partial charge in [-0.3, -0.25) is 9.59 Å². The van der Waals surface area contributed by atoms with Crippen LogP contribution in [0.25, 0.3) is 0 Å². The minimum absolute atomic E-state index is 0.0155. The molecule has 6 rings (SSSR count). The highest BCUT2D eigenvalue weighted by Crippen LogP contribution is 2.76. The zero-order valence-corrected chi connectivity index (χ0v) is 18.5. The second-order valence-electron chi connectivity index (χ2n) is 10.8. The van der Waals surface area contributed by atoms with Crippen LogP contribution in [0.5, 0.6) is 0 Å². The minimum Gasteiger partial charge on any atom is -0.391 e. The van der Waals surface area contributed by atoms with Crippen molar-refractivity contribution in [3.63, 3.8) is 0 Å². The Hall–Kier alpha value is -1.54. The summed E-state index contributed by atoms with van der Waals surface area (Å²) in [6.45, 7) is 8.59. The highest BCUT2D eigenvalue weighted by atomic mass is 16.7. The number of aliphatic hydroxyl groups is 2. The summed E-state index contributed by atoms with van der Waals surface area (Å²) in [6.07, 6.45) is 4.42. The average Bonchev–Trinajstić information content (AvgIpc) is 2.83. The molecule has 7 heteroatoms. The zero-order chi connectivity index (χ0) is 22.4. The van der Waals surface area contributed by atoms with Gasteiger partial charge in [0.05, 0.1) is 25.7 Å². The van der Waals surface area contributed by atoms with Gasteiger partial charge in [0.2, 0.25) is 11.7 Å². The number of allylic oxidation sites excluding steroid dienone is 1. The molecular weight excluding hydrogens is 398 g/mol. The van der Waals surface area contributed by atoms with E-state index in [1.807, 2.05) is 0 Å². The van der Waals surface area contributed by atoms with Crippen molar-refractivity contribution in [3.8, 4) is 0 Å². The molecule has 8 atom stereocenters. The van der Waals surface area contributed by atoms with Crippen molar-refractivity contribution in [1.29, 1.82) is 0 Å². The number of carbonyl (C=O) groups excluding carboxylic acids is 2. The first-order valence-corrected chi connectivity index (χ1v) is 11.4. The van der Waals surface area contributed by atoms with E-state index in [-0.39, 0.29) is 47.9 Å². The second-order valence-corrected chi connectivity index (χ2v) is 10.8. The lowest BCUT2D eigenvalue weighted by atomic mass is 9.37. The number of nitrogens with one attached hydrogen (secondary N) is 1. The van der Waals surface area contributed by atoms with Gasteiger partial charge in [-0.25, -0.2) is 0 Å². The van der Waals surface area contributed by atoms with Crippen LogP contribution < -0.4 is 5.32 Å². The van der Waals surface area contributed by atoms with Gasteiger partial charge >= 0.3 is 0 Å². The molecule has 1 amide bonds. The molecule has 0 aromatic carbocycles. The summed E-state index contributed by atoms with van der Waals surface area (Å²) in [6, 6.07) is 0. The number of ketones is 1. The Morgan fingerprint density at radius 2 is 2.06 bits per heavy atom. The highest BCUT2D eigenvalue weighted by molar-refractivity contribution is 6.05. The fourth-order valence-corrected chi connectivity index (χ4v) is 8.05. The third-order valence-electron chi connectivity index (χ3n) is 9.16. The van der Waals surface area contributed by atoms with Gasteiger partial charge in [-0.15, -0.1) is 0 Å². The van der Waals surface area contributed by atoms with E-state index >= 15 is 0 Å². The normalized spacial score (nSPS) is 49.0. The van der Waals surface area contributed by atoms with E-state index in [2.05, 4.69) is 37.9 Å². The smallest absolute Gasteiger partial charge is 0.222 e. The van der Waals surface area contributed by atoms with Crippen LogP contribution in [0.3, 0.4) is 0 Å². The molecule has 3 N–H and O–H groups in total. The lowest BCUT2D eigenvalue weighted by Gasteiger charge is -2.73. The molecule has 31 heavy (non-hydrogen) atoms. The summed E-state index contributed by atoms with van der Waals surface area (Å²) >= 11 is 0. The monoisotopic (exact) mass is 431 g/mol. The van der Waals surface area contributed by atoms with Crippen LogP contribution >= 0.6 is 0 Å². The molecule has 2 spiro atoms. The van der Waals surface area contributed by atoms with Gasteiger partial charge in [0.1, 0.15) is 11.5 Å². The Bertz CT molecular complexity index is 881. The Balaban J connectivity index is 1.70.